The molecule has 2 rings (SSSR count). The summed E-state index contributed by atoms with van der Waals surface area (Å²) in [6.45, 7) is -3.02. The first kappa shape index (κ1) is 15.9. The number of hydrogen-bond acceptors (Lipinski definition) is 2. The van der Waals surface area contributed by atoms with Gasteiger partial charge in [0.15, 0.2) is 11.6 Å². The third-order valence-corrected chi connectivity index (χ3v) is 4.18. The maximum absolute atomic E-state index is 13.7. The van der Waals surface area contributed by atoms with Crippen LogP contribution in [0.25, 0.3) is 0 Å². The predicted octanol–water partition coefficient (Wildman–Crippen LogP) is 4.68. The Morgan fingerprint density at radius 2 is 1.95 bits per heavy atom. The average Bonchev–Trinajstić information content (AvgIpc) is 2.47. The van der Waals surface area contributed by atoms with Crippen molar-refractivity contribution >= 4 is 6.29 Å². The molecule has 0 radical (unpaired) electrons. The lowest BCUT2D eigenvalue weighted by atomic mass is 9.77. The Morgan fingerprint density at radius 1 is 1.24 bits per heavy atom. The molecular weight excluding hydrogens is 281 g/mol. The van der Waals surface area contributed by atoms with Gasteiger partial charge in [-0.15, -0.1) is 0 Å². The molecule has 0 aliphatic heterocycles. The van der Waals surface area contributed by atoms with Crippen molar-refractivity contribution in [1.82, 2.24) is 0 Å². The number of carbonyl (C=O) groups is 1. The summed E-state index contributed by atoms with van der Waals surface area (Å²) >= 11 is 0. The van der Waals surface area contributed by atoms with Crippen molar-refractivity contribution in [2.75, 3.05) is 0 Å². The maximum atomic E-state index is 13.7. The number of rotatable bonds is 6. The van der Waals surface area contributed by atoms with Crippen molar-refractivity contribution in [1.29, 1.82) is 0 Å². The van der Waals surface area contributed by atoms with Gasteiger partial charge in [0.1, 0.15) is 6.29 Å². The van der Waals surface area contributed by atoms with Crippen LogP contribution in [0.1, 0.15) is 50.0 Å². The zero-order valence-electron chi connectivity index (χ0n) is 11.7. The molecule has 1 aromatic rings. The second-order valence-corrected chi connectivity index (χ2v) is 5.53. The van der Waals surface area contributed by atoms with E-state index < -0.39 is 18.2 Å². The number of hydrogen-bond donors (Lipinski definition) is 0. The Bertz CT molecular complexity index is 469. The molecule has 2 nitrogen and oxygen atoms in total. The van der Waals surface area contributed by atoms with Gasteiger partial charge < -0.3 is 9.53 Å². The average molecular weight is 300 g/mol. The summed E-state index contributed by atoms with van der Waals surface area (Å²) in [5.74, 6) is -0.324. The summed E-state index contributed by atoms with van der Waals surface area (Å²) < 4.78 is 42.0. The van der Waals surface area contributed by atoms with E-state index in [-0.39, 0.29) is 5.92 Å². The van der Waals surface area contributed by atoms with Gasteiger partial charge in [-0.25, -0.2) is 4.39 Å². The molecule has 0 bridgehead atoms. The molecule has 0 aromatic heterocycles. The minimum absolute atomic E-state index is 0.257. The van der Waals surface area contributed by atoms with Crippen molar-refractivity contribution in [3.8, 4) is 5.75 Å². The van der Waals surface area contributed by atoms with Crippen LogP contribution in [0.5, 0.6) is 5.75 Å². The molecule has 0 spiro atoms. The van der Waals surface area contributed by atoms with E-state index in [4.69, 9.17) is 0 Å². The monoisotopic (exact) mass is 300 g/mol. The molecule has 116 valence electrons. The van der Waals surface area contributed by atoms with Gasteiger partial charge >= 0.3 is 6.61 Å². The van der Waals surface area contributed by atoms with E-state index in [1.807, 2.05) is 0 Å². The zero-order chi connectivity index (χ0) is 15.2. The number of aldehydes is 1. The van der Waals surface area contributed by atoms with Crippen LogP contribution in [0, 0.1) is 11.7 Å². The topological polar surface area (TPSA) is 26.3 Å². The van der Waals surface area contributed by atoms with E-state index in [9.17, 15) is 18.0 Å². The van der Waals surface area contributed by atoms with E-state index in [0.717, 1.165) is 44.0 Å². The van der Waals surface area contributed by atoms with E-state index >= 15 is 0 Å². The fraction of sp³-hybridized carbons (Fsp3) is 0.562. The second kappa shape index (κ2) is 7.48. The van der Waals surface area contributed by atoms with Gasteiger partial charge in [-0.1, -0.05) is 6.07 Å². The minimum atomic E-state index is -3.02. The Hall–Kier alpha value is -1.52. The van der Waals surface area contributed by atoms with E-state index in [1.54, 1.807) is 6.07 Å². The Balaban J connectivity index is 1.94. The van der Waals surface area contributed by atoms with Crippen LogP contribution in [0.3, 0.4) is 0 Å². The first-order valence-corrected chi connectivity index (χ1v) is 7.28. The summed E-state index contributed by atoms with van der Waals surface area (Å²) in [6, 6.07) is 4.24. The highest BCUT2D eigenvalue weighted by molar-refractivity contribution is 5.49. The van der Waals surface area contributed by atoms with Crippen LogP contribution in [-0.2, 0) is 4.79 Å². The number of carbonyl (C=O) groups excluding carboxylic acids is 1. The third kappa shape index (κ3) is 4.48. The van der Waals surface area contributed by atoms with Gasteiger partial charge in [0.25, 0.3) is 0 Å². The molecule has 1 saturated carbocycles. The molecule has 0 amide bonds. The molecule has 5 heteroatoms. The molecule has 0 heterocycles. The maximum Gasteiger partial charge on any atom is 0.387 e. The fourth-order valence-electron chi connectivity index (χ4n) is 3.05. The number of halogens is 3. The quantitative estimate of drug-likeness (QED) is 0.713. The molecule has 0 N–H and O–H groups in total. The van der Waals surface area contributed by atoms with Crippen LogP contribution >= 0.6 is 0 Å². The van der Waals surface area contributed by atoms with Crippen molar-refractivity contribution in [3.63, 3.8) is 0 Å². The van der Waals surface area contributed by atoms with Gasteiger partial charge in [0.2, 0.25) is 0 Å². The van der Waals surface area contributed by atoms with E-state index in [0.29, 0.717) is 12.3 Å². The van der Waals surface area contributed by atoms with Crippen LogP contribution in [0.4, 0.5) is 13.2 Å². The first-order valence-electron chi connectivity index (χ1n) is 7.28. The van der Waals surface area contributed by atoms with Crippen LogP contribution in [0.15, 0.2) is 18.2 Å². The molecule has 1 fully saturated rings. The Morgan fingerprint density at radius 3 is 2.52 bits per heavy atom. The van der Waals surface area contributed by atoms with Crippen molar-refractivity contribution in [3.05, 3.63) is 29.6 Å². The first-order chi connectivity index (χ1) is 10.1. The van der Waals surface area contributed by atoms with E-state index in [2.05, 4.69) is 4.74 Å². The van der Waals surface area contributed by atoms with Crippen molar-refractivity contribution in [2.24, 2.45) is 5.92 Å². The highest BCUT2D eigenvalue weighted by Gasteiger charge is 2.23. The van der Waals surface area contributed by atoms with Gasteiger partial charge in [0, 0.05) is 6.42 Å². The Labute approximate surface area is 122 Å². The number of benzene rings is 1. The van der Waals surface area contributed by atoms with Crippen LogP contribution in [0.2, 0.25) is 0 Å². The van der Waals surface area contributed by atoms with Gasteiger partial charge in [-0.3, -0.25) is 0 Å². The molecule has 0 unspecified atom stereocenters. The van der Waals surface area contributed by atoms with E-state index in [1.165, 1.54) is 12.1 Å². The predicted molar refractivity (Wildman–Crippen MR) is 73.0 cm³/mol. The van der Waals surface area contributed by atoms with Crippen LogP contribution in [-0.4, -0.2) is 12.9 Å². The summed E-state index contributed by atoms with van der Waals surface area (Å²) in [7, 11) is 0. The summed E-state index contributed by atoms with van der Waals surface area (Å²) in [6.07, 6.45) is 6.40. The van der Waals surface area contributed by atoms with Gasteiger partial charge in [-0.2, -0.15) is 8.78 Å². The van der Waals surface area contributed by atoms with Crippen LogP contribution < -0.4 is 4.74 Å². The SMILES string of the molecule is O=CCCC1CCC(c2ccc(OC(F)F)c(F)c2)CC1. The number of alkyl halides is 2. The van der Waals surface area contributed by atoms with Crippen molar-refractivity contribution in [2.45, 2.75) is 51.1 Å². The molecule has 1 aromatic carbocycles. The molecule has 1 aliphatic rings. The third-order valence-electron chi connectivity index (χ3n) is 4.18. The summed E-state index contributed by atoms with van der Waals surface area (Å²) in [5, 5.41) is 0. The zero-order valence-corrected chi connectivity index (χ0v) is 11.7. The normalized spacial score (nSPS) is 22.3. The lowest BCUT2D eigenvalue weighted by Gasteiger charge is -2.28. The Kier molecular flexibility index (Phi) is 5.65. The lowest BCUT2D eigenvalue weighted by molar-refractivity contribution is -0.108. The highest BCUT2D eigenvalue weighted by Crippen LogP contribution is 2.38. The largest absolute Gasteiger partial charge is 0.432 e. The minimum Gasteiger partial charge on any atom is -0.432 e. The second-order valence-electron chi connectivity index (χ2n) is 5.53. The standard InChI is InChI=1S/C16H19F3O2/c17-14-10-13(7-8-15(14)21-16(18)19)12-5-3-11(4-6-12)2-1-9-20/h7-12,16H,1-6H2. The molecule has 0 saturated heterocycles. The highest BCUT2D eigenvalue weighted by atomic mass is 19.3. The molecule has 0 atom stereocenters. The summed E-state index contributed by atoms with van der Waals surface area (Å²) in [4.78, 5) is 10.4. The van der Waals surface area contributed by atoms with Gasteiger partial charge in [0.05, 0.1) is 0 Å². The molecule has 21 heavy (non-hydrogen) atoms. The van der Waals surface area contributed by atoms with Gasteiger partial charge in [-0.05, 0) is 61.6 Å². The molecule has 1 aliphatic carbocycles. The lowest BCUT2D eigenvalue weighted by Crippen LogP contribution is -2.14. The fourth-order valence-corrected chi connectivity index (χ4v) is 3.05. The summed E-state index contributed by atoms with van der Waals surface area (Å²) in [5.41, 5.74) is 0.836. The smallest absolute Gasteiger partial charge is 0.387 e. The van der Waals surface area contributed by atoms with Crippen molar-refractivity contribution < 1.29 is 22.7 Å². The number of ether oxygens (including phenoxy) is 1. The molecular formula is C16H19F3O2.